The van der Waals surface area contributed by atoms with E-state index < -0.39 is 0 Å². The Morgan fingerprint density at radius 2 is 2.00 bits per heavy atom. The fourth-order valence-corrected chi connectivity index (χ4v) is 1.88. The zero-order valence-corrected chi connectivity index (χ0v) is 10.6. The number of ether oxygens (including phenoxy) is 1. The summed E-state index contributed by atoms with van der Waals surface area (Å²) in [7, 11) is 1.65. The summed E-state index contributed by atoms with van der Waals surface area (Å²) in [4.78, 5) is 12.2. The number of rotatable bonds is 7. The topological polar surface area (TPSA) is 52.3 Å². The van der Waals surface area contributed by atoms with Crippen LogP contribution in [0.3, 0.4) is 0 Å². The molecule has 1 rings (SSSR count). The van der Waals surface area contributed by atoms with Gasteiger partial charge in [0.25, 0.3) is 0 Å². The Morgan fingerprint density at radius 1 is 1.35 bits per heavy atom. The molecule has 1 aromatic rings. The standard InChI is InChI=1S/C14H21NO2/c1-11(8-9-17-2)14(16)13(10-15)12-6-4-3-5-7-12/h3-7,11,13H,8-10,15H2,1-2H3. The fraction of sp³-hybridized carbons (Fsp3) is 0.500. The summed E-state index contributed by atoms with van der Waals surface area (Å²) in [5.41, 5.74) is 6.72. The second-order valence-corrected chi connectivity index (χ2v) is 4.28. The largest absolute Gasteiger partial charge is 0.385 e. The van der Waals surface area contributed by atoms with Crippen LogP contribution < -0.4 is 5.73 Å². The smallest absolute Gasteiger partial charge is 0.144 e. The van der Waals surface area contributed by atoms with Crippen molar-refractivity contribution in [2.45, 2.75) is 19.3 Å². The number of methoxy groups -OCH3 is 1. The highest BCUT2D eigenvalue weighted by molar-refractivity contribution is 5.87. The first-order chi connectivity index (χ1) is 8.20. The highest BCUT2D eigenvalue weighted by atomic mass is 16.5. The molecular weight excluding hydrogens is 214 g/mol. The van der Waals surface area contributed by atoms with E-state index >= 15 is 0 Å². The average Bonchev–Trinajstić information content (AvgIpc) is 2.38. The minimum atomic E-state index is -0.192. The van der Waals surface area contributed by atoms with Gasteiger partial charge < -0.3 is 10.5 Å². The molecular formula is C14H21NO2. The predicted octanol–water partition coefficient (Wildman–Crippen LogP) is 1.97. The number of carbonyl (C=O) groups excluding carboxylic acids is 1. The van der Waals surface area contributed by atoms with E-state index in [0.29, 0.717) is 13.2 Å². The van der Waals surface area contributed by atoms with Gasteiger partial charge >= 0.3 is 0 Å². The molecule has 2 N–H and O–H groups in total. The van der Waals surface area contributed by atoms with E-state index in [-0.39, 0.29) is 17.6 Å². The summed E-state index contributed by atoms with van der Waals surface area (Å²) in [6.07, 6.45) is 0.749. The van der Waals surface area contributed by atoms with Crippen molar-refractivity contribution in [1.82, 2.24) is 0 Å². The van der Waals surface area contributed by atoms with Crippen LogP contribution in [0.2, 0.25) is 0 Å². The zero-order chi connectivity index (χ0) is 12.7. The van der Waals surface area contributed by atoms with Crippen LogP contribution in [0, 0.1) is 5.92 Å². The van der Waals surface area contributed by atoms with Crippen LogP contribution in [0.15, 0.2) is 30.3 Å². The first-order valence-electron chi connectivity index (χ1n) is 5.98. The lowest BCUT2D eigenvalue weighted by Gasteiger charge is -2.18. The normalized spacial score (nSPS) is 14.3. The van der Waals surface area contributed by atoms with Crippen LogP contribution in [-0.4, -0.2) is 26.0 Å². The molecule has 0 aliphatic carbocycles. The molecule has 17 heavy (non-hydrogen) atoms. The number of hydrogen-bond acceptors (Lipinski definition) is 3. The van der Waals surface area contributed by atoms with Crippen LogP contribution in [-0.2, 0) is 9.53 Å². The summed E-state index contributed by atoms with van der Waals surface area (Å²) < 4.78 is 5.00. The first-order valence-corrected chi connectivity index (χ1v) is 5.98. The minimum absolute atomic E-state index is 0.0105. The highest BCUT2D eigenvalue weighted by Crippen LogP contribution is 2.20. The quantitative estimate of drug-likeness (QED) is 0.786. The molecule has 2 atom stereocenters. The summed E-state index contributed by atoms with van der Waals surface area (Å²) in [5, 5.41) is 0. The lowest BCUT2D eigenvalue weighted by atomic mass is 9.87. The van der Waals surface area contributed by atoms with Gasteiger partial charge in [-0.25, -0.2) is 0 Å². The van der Waals surface area contributed by atoms with Crippen molar-refractivity contribution < 1.29 is 9.53 Å². The zero-order valence-electron chi connectivity index (χ0n) is 10.6. The molecule has 0 bridgehead atoms. The molecule has 0 fully saturated rings. The molecule has 0 radical (unpaired) electrons. The number of ketones is 1. The maximum absolute atomic E-state index is 12.2. The Bertz CT molecular complexity index is 337. The molecule has 2 unspecified atom stereocenters. The van der Waals surface area contributed by atoms with Crippen LogP contribution >= 0.6 is 0 Å². The van der Waals surface area contributed by atoms with Crippen LogP contribution in [0.4, 0.5) is 0 Å². The van der Waals surface area contributed by atoms with Gasteiger partial charge in [0.05, 0.1) is 5.92 Å². The first kappa shape index (κ1) is 13.9. The lowest BCUT2D eigenvalue weighted by Crippen LogP contribution is -2.27. The number of nitrogens with two attached hydrogens (primary N) is 1. The van der Waals surface area contributed by atoms with Crippen molar-refractivity contribution in [2.75, 3.05) is 20.3 Å². The molecule has 0 heterocycles. The Balaban J connectivity index is 2.71. The second-order valence-electron chi connectivity index (χ2n) is 4.28. The van der Waals surface area contributed by atoms with Crippen LogP contribution in [0.5, 0.6) is 0 Å². The second kappa shape index (κ2) is 7.20. The Kier molecular flexibility index (Phi) is 5.87. The summed E-state index contributed by atoms with van der Waals surface area (Å²) in [6, 6.07) is 9.73. The number of benzene rings is 1. The Labute approximate surface area is 103 Å². The molecule has 3 nitrogen and oxygen atoms in total. The Morgan fingerprint density at radius 3 is 2.53 bits per heavy atom. The van der Waals surface area contributed by atoms with Crippen molar-refractivity contribution in [2.24, 2.45) is 11.7 Å². The fourth-order valence-electron chi connectivity index (χ4n) is 1.88. The predicted molar refractivity (Wildman–Crippen MR) is 68.9 cm³/mol. The third-order valence-corrected chi connectivity index (χ3v) is 3.02. The van der Waals surface area contributed by atoms with Gasteiger partial charge in [-0.3, -0.25) is 4.79 Å². The average molecular weight is 235 g/mol. The van der Waals surface area contributed by atoms with Gasteiger partial charge in [-0.05, 0) is 12.0 Å². The maximum Gasteiger partial charge on any atom is 0.144 e. The molecule has 0 aromatic heterocycles. The van der Waals surface area contributed by atoms with Gasteiger partial charge in [-0.15, -0.1) is 0 Å². The summed E-state index contributed by atoms with van der Waals surface area (Å²) in [5.74, 6) is 0.00233. The third-order valence-electron chi connectivity index (χ3n) is 3.02. The number of Topliss-reactive ketones (excluding diaryl/α,β-unsaturated/α-hetero) is 1. The third kappa shape index (κ3) is 3.95. The van der Waals surface area contributed by atoms with Gasteiger partial charge in [-0.1, -0.05) is 37.3 Å². The van der Waals surface area contributed by atoms with Crippen molar-refractivity contribution in [3.63, 3.8) is 0 Å². The maximum atomic E-state index is 12.2. The van der Waals surface area contributed by atoms with Gasteiger partial charge in [0.1, 0.15) is 5.78 Å². The molecule has 94 valence electrons. The van der Waals surface area contributed by atoms with Gasteiger partial charge in [0.15, 0.2) is 0 Å². The van der Waals surface area contributed by atoms with Crippen molar-refractivity contribution in [3.8, 4) is 0 Å². The van der Waals surface area contributed by atoms with E-state index in [0.717, 1.165) is 12.0 Å². The molecule has 0 saturated heterocycles. The molecule has 0 saturated carbocycles. The molecule has 3 heteroatoms. The van der Waals surface area contributed by atoms with E-state index in [4.69, 9.17) is 10.5 Å². The van der Waals surface area contributed by atoms with E-state index in [2.05, 4.69) is 0 Å². The van der Waals surface area contributed by atoms with Gasteiger partial charge in [0, 0.05) is 26.2 Å². The molecule has 0 amide bonds. The summed E-state index contributed by atoms with van der Waals surface area (Å²) in [6.45, 7) is 2.91. The minimum Gasteiger partial charge on any atom is -0.385 e. The van der Waals surface area contributed by atoms with E-state index in [1.165, 1.54) is 0 Å². The van der Waals surface area contributed by atoms with Crippen molar-refractivity contribution in [1.29, 1.82) is 0 Å². The number of carbonyl (C=O) groups is 1. The molecule has 0 spiro atoms. The molecule has 0 aliphatic heterocycles. The van der Waals surface area contributed by atoms with Gasteiger partial charge in [-0.2, -0.15) is 0 Å². The van der Waals surface area contributed by atoms with E-state index in [1.54, 1.807) is 7.11 Å². The Hall–Kier alpha value is -1.19. The van der Waals surface area contributed by atoms with Gasteiger partial charge in [0.2, 0.25) is 0 Å². The van der Waals surface area contributed by atoms with E-state index in [1.807, 2.05) is 37.3 Å². The van der Waals surface area contributed by atoms with Crippen molar-refractivity contribution >= 4 is 5.78 Å². The van der Waals surface area contributed by atoms with Crippen LogP contribution in [0.25, 0.3) is 0 Å². The molecule has 1 aromatic carbocycles. The van der Waals surface area contributed by atoms with Crippen LogP contribution in [0.1, 0.15) is 24.8 Å². The lowest BCUT2D eigenvalue weighted by molar-refractivity contribution is -0.124. The highest BCUT2D eigenvalue weighted by Gasteiger charge is 2.23. The monoisotopic (exact) mass is 235 g/mol. The SMILES string of the molecule is COCCC(C)C(=O)C(CN)c1ccccc1. The number of hydrogen-bond donors (Lipinski definition) is 1. The van der Waals surface area contributed by atoms with Crippen molar-refractivity contribution in [3.05, 3.63) is 35.9 Å². The summed E-state index contributed by atoms with van der Waals surface area (Å²) >= 11 is 0. The molecule has 0 aliphatic rings. The van der Waals surface area contributed by atoms with E-state index in [9.17, 15) is 4.79 Å².